The monoisotopic (exact) mass is 367 g/mol. The topological polar surface area (TPSA) is 56.1 Å². The standard InChI is InChI=1S/C20H22FN5O/c21-20-10-22-8-6-17(20)11-25-9-7-19(13-25)26-12-18(23-24-26)15-27-14-16-4-2-1-3-5-16/h1-6,8,10,12,19H,7,9,11,13-15H2. The fourth-order valence-corrected chi connectivity index (χ4v) is 3.35. The van der Waals surface area contributed by atoms with Crippen molar-refractivity contribution in [2.24, 2.45) is 0 Å². The summed E-state index contributed by atoms with van der Waals surface area (Å²) in [6.07, 6.45) is 5.82. The van der Waals surface area contributed by atoms with Gasteiger partial charge in [0, 0.05) is 31.4 Å². The van der Waals surface area contributed by atoms with Crippen molar-refractivity contribution in [2.45, 2.75) is 32.2 Å². The van der Waals surface area contributed by atoms with Crippen molar-refractivity contribution in [3.63, 3.8) is 0 Å². The largest absolute Gasteiger partial charge is 0.370 e. The summed E-state index contributed by atoms with van der Waals surface area (Å²) in [6.45, 7) is 3.32. The van der Waals surface area contributed by atoms with Crippen LogP contribution in [0.2, 0.25) is 0 Å². The molecule has 2 aromatic heterocycles. The van der Waals surface area contributed by atoms with Gasteiger partial charge in [0.05, 0.1) is 31.6 Å². The third-order valence-electron chi connectivity index (χ3n) is 4.79. The van der Waals surface area contributed by atoms with E-state index in [-0.39, 0.29) is 11.9 Å². The van der Waals surface area contributed by atoms with Crippen molar-refractivity contribution in [3.8, 4) is 0 Å². The maximum Gasteiger partial charge on any atom is 0.145 e. The summed E-state index contributed by atoms with van der Waals surface area (Å²) in [5, 5.41) is 8.48. The zero-order valence-electron chi connectivity index (χ0n) is 15.0. The number of ether oxygens (including phenoxy) is 1. The number of benzene rings is 1. The Morgan fingerprint density at radius 3 is 2.89 bits per heavy atom. The Labute approximate surface area is 157 Å². The highest BCUT2D eigenvalue weighted by Gasteiger charge is 2.25. The van der Waals surface area contributed by atoms with Gasteiger partial charge in [-0.2, -0.15) is 0 Å². The van der Waals surface area contributed by atoms with Crippen LogP contribution in [0.3, 0.4) is 0 Å². The van der Waals surface area contributed by atoms with E-state index in [2.05, 4.69) is 20.2 Å². The predicted octanol–water partition coefficient (Wildman–Crippen LogP) is 2.98. The van der Waals surface area contributed by atoms with E-state index in [0.717, 1.165) is 30.8 Å². The molecular formula is C20H22FN5O. The highest BCUT2D eigenvalue weighted by molar-refractivity contribution is 5.14. The van der Waals surface area contributed by atoms with Crippen molar-refractivity contribution in [3.05, 3.63) is 77.6 Å². The van der Waals surface area contributed by atoms with E-state index < -0.39 is 0 Å². The van der Waals surface area contributed by atoms with Crippen LogP contribution in [0, 0.1) is 5.82 Å². The third kappa shape index (κ3) is 4.56. The van der Waals surface area contributed by atoms with Crippen LogP contribution in [0.25, 0.3) is 0 Å². The summed E-state index contributed by atoms with van der Waals surface area (Å²) >= 11 is 0. The van der Waals surface area contributed by atoms with E-state index in [4.69, 9.17) is 4.74 Å². The molecule has 1 fully saturated rings. The zero-order valence-corrected chi connectivity index (χ0v) is 15.0. The Balaban J connectivity index is 1.28. The van der Waals surface area contributed by atoms with E-state index in [9.17, 15) is 4.39 Å². The van der Waals surface area contributed by atoms with Crippen LogP contribution in [0.15, 0.2) is 55.0 Å². The summed E-state index contributed by atoms with van der Waals surface area (Å²) in [6, 6.07) is 12.1. The normalized spacial score (nSPS) is 17.4. The number of likely N-dealkylation sites (tertiary alicyclic amines) is 1. The Morgan fingerprint density at radius 1 is 1.15 bits per heavy atom. The lowest BCUT2D eigenvalue weighted by atomic mass is 10.2. The van der Waals surface area contributed by atoms with Crippen LogP contribution in [-0.2, 0) is 24.5 Å². The molecule has 0 aliphatic carbocycles. The van der Waals surface area contributed by atoms with E-state index in [1.165, 1.54) is 6.20 Å². The molecule has 1 aliphatic rings. The average molecular weight is 367 g/mol. The minimum Gasteiger partial charge on any atom is -0.370 e. The first kappa shape index (κ1) is 17.8. The summed E-state index contributed by atoms with van der Waals surface area (Å²) in [5.41, 5.74) is 2.64. The molecule has 1 saturated heterocycles. The maximum atomic E-state index is 13.8. The first-order chi connectivity index (χ1) is 13.3. The number of hydrogen-bond donors (Lipinski definition) is 0. The van der Waals surface area contributed by atoms with Crippen LogP contribution in [0.1, 0.15) is 29.3 Å². The molecule has 1 aliphatic heterocycles. The van der Waals surface area contributed by atoms with Crippen LogP contribution >= 0.6 is 0 Å². The molecule has 3 aromatic rings. The smallest absolute Gasteiger partial charge is 0.145 e. The third-order valence-corrected chi connectivity index (χ3v) is 4.79. The molecule has 1 aromatic carbocycles. The van der Waals surface area contributed by atoms with Crippen LogP contribution in [0.4, 0.5) is 4.39 Å². The van der Waals surface area contributed by atoms with Gasteiger partial charge < -0.3 is 4.74 Å². The molecule has 4 rings (SSSR count). The molecule has 0 bridgehead atoms. The lowest BCUT2D eigenvalue weighted by molar-refractivity contribution is 0.104. The van der Waals surface area contributed by atoms with E-state index >= 15 is 0 Å². The highest BCUT2D eigenvalue weighted by atomic mass is 19.1. The molecule has 1 unspecified atom stereocenters. The van der Waals surface area contributed by atoms with Gasteiger partial charge in [0.25, 0.3) is 0 Å². The van der Waals surface area contributed by atoms with Gasteiger partial charge in [-0.1, -0.05) is 35.5 Å². The molecule has 0 N–H and O–H groups in total. The second-order valence-corrected chi connectivity index (χ2v) is 6.81. The van der Waals surface area contributed by atoms with Crippen molar-refractivity contribution in [1.82, 2.24) is 24.9 Å². The van der Waals surface area contributed by atoms with Gasteiger partial charge in [0.1, 0.15) is 11.5 Å². The Kier molecular flexibility index (Phi) is 5.50. The minimum atomic E-state index is -0.250. The van der Waals surface area contributed by atoms with E-state index in [1.54, 1.807) is 12.3 Å². The van der Waals surface area contributed by atoms with Gasteiger partial charge in [-0.25, -0.2) is 9.07 Å². The van der Waals surface area contributed by atoms with Gasteiger partial charge in [-0.3, -0.25) is 9.88 Å². The second kappa shape index (κ2) is 8.37. The number of hydrogen-bond acceptors (Lipinski definition) is 5. The highest BCUT2D eigenvalue weighted by Crippen LogP contribution is 2.23. The van der Waals surface area contributed by atoms with Crippen molar-refractivity contribution in [2.75, 3.05) is 13.1 Å². The summed E-state index contributed by atoms with van der Waals surface area (Å²) in [7, 11) is 0. The quantitative estimate of drug-likeness (QED) is 0.643. The Bertz CT molecular complexity index is 870. The second-order valence-electron chi connectivity index (χ2n) is 6.81. The van der Waals surface area contributed by atoms with Crippen molar-refractivity contribution >= 4 is 0 Å². The van der Waals surface area contributed by atoms with Gasteiger partial charge >= 0.3 is 0 Å². The van der Waals surface area contributed by atoms with Crippen LogP contribution in [-0.4, -0.2) is 38.0 Å². The summed E-state index contributed by atoms with van der Waals surface area (Å²) in [4.78, 5) is 6.03. The fourth-order valence-electron chi connectivity index (χ4n) is 3.35. The number of aromatic nitrogens is 4. The Morgan fingerprint density at radius 2 is 2.04 bits per heavy atom. The first-order valence-electron chi connectivity index (χ1n) is 9.11. The van der Waals surface area contributed by atoms with Gasteiger partial charge in [0.15, 0.2) is 0 Å². The lowest BCUT2D eigenvalue weighted by Crippen LogP contribution is -2.22. The molecule has 140 valence electrons. The first-order valence-corrected chi connectivity index (χ1v) is 9.11. The zero-order chi connectivity index (χ0) is 18.5. The average Bonchev–Trinajstić information content (AvgIpc) is 3.34. The number of nitrogens with zero attached hydrogens (tertiary/aromatic N) is 5. The molecule has 27 heavy (non-hydrogen) atoms. The van der Waals surface area contributed by atoms with Gasteiger partial charge in [0.2, 0.25) is 0 Å². The minimum absolute atomic E-state index is 0.250. The van der Waals surface area contributed by atoms with Crippen molar-refractivity contribution in [1.29, 1.82) is 0 Å². The molecular weight excluding hydrogens is 345 g/mol. The molecule has 6 nitrogen and oxygen atoms in total. The Hall–Kier alpha value is -2.64. The number of rotatable bonds is 7. The maximum absolute atomic E-state index is 13.8. The molecule has 3 heterocycles. The van der Waals surface area contributed by atoms with Gasteiger partial charge in [-0.05, 0) is 18.1 Å². The SMILES string of the molecule is Fc1cnccc1CN1CCC(n2cc(COCc3ccccc3)nn2)C1. The molecule has 0 radical (unpaired) electrons. The number of pyridine rings is 1. The lowest BCUT2D eigenvalue weighted by Gasteiger charge is -2.16. The van der Waals surface area contributed by atoms with Gasteiger partial charge in [-0.15, -0.1) is 5.10 Å². The predicted molar refractivity (Wildman–Crippen MR) is 98.1 cm³/mol. The molecule has 0 spiro atoms. The van der Waals surface area contributed by atoms with Crippen LogP contribution in [0.5, 0.6) is 0 Å². The van der Waals surface area contributed by atoms with E-state index in [1.807, 2.05) is 41.2 Å². The van der Waals surface area contributed by atoms with Crippen molar-refractivity contribution < 1.29 is 9.13 Å². The molecule has 7 heteroatoms. The van der Waals surface area contributed by atoms with E-state index in [0.29, 0.717) is 25.3 Å². The summed E-state index contributed by atoms with van der Waals surface area (Å²) in [5.74, 6) is -0.250. The van der Waals surface area contributed by atoms with Crippen LogP contribution < -0.4 is 0 Å². The molecule has 0 saturated carbocycles. The molecule has 0 amide bonds. The summed E-state index contributed by atoms with van der Waals surface area (Å²) < 4.78 is 21.4. The fraction of sp³-hybridized carbons (Fsp3) is 0.350. The number of halogens is 1. The molecule has 1 atom stereocenters.